The van der Waals surface area contributed by atoms with Gasteiger partial charge in [-0.3, -0.25) is 0 Å². The summed E-state index contributed by atoms with van der Waals surface area (Å²) in [4.78, 5) is 0. The SMILES string of the molecule is COC1=CC=CC(O)(C(C(C2(O)C=CC=C(OC)C2)C2(O)C=CC=C(OC)C2)C2(O)C=CC=C(OC)C2)C1. The minimum atomic E-state index is -1.74. The Hall–Kier alpha value is -3.04. The second-order valence-corrected chi connectivity index (χ2v) is 10.4. The van der Waals surface area contributed by atoms with Crippen LogP contribution in [0.3, 0.4) is 0 Å². The minimum absolute atomic E-state index is 0.0167. The highest BCUT2D eigenvalue weighted by molar-refractivity contribution is 5.37. The van der Waals surface area contributed by atoms with Crippen LogP contribution in [0.2, 0.25) is 0 Å². The van der Waals surface area contributed by atoms with Crippen molar-refractivity contribution in [3.8, 4) is 0 Å². The third-order valence-corrected chi connectivity index (χ3v) is 8.03. The number of hydrogen-bond donors (Lipinski definition) is 4. The van der Waals surface area contributed by atoms with E-state index in [0.29, 0.717) is 23.0 Å². The van der Waals surface area contributed by atoms with Crippen LogP contribution in [-0.2, 0) is 18.9 Å². The van der Waals surface area contributed by atoms with E-state index in [0.717, 1.165) is 0 Å². The molecule has 4 unspecified atom stereocenters. The van der Waals surface area contributed by atoms with Gasteiger partial charge in [0.25, 0.3) is 0 Å². The Morgan fingerprint density at radius 1 is 0.474 bits per heavy atom. The van der Waals surface area contributed by atoms with Crippen molar-refractivity contribution in [2.24, 2.45) is 11.8 Å². The summed E-state index contributed by atoms with van der Waals surface area (Å²) in [6.45, 7) is 0. The molecule has 0 aromatic rings. The van der Waals surface area contributed by atoms with E-state index >= 15 is 0 Å². The van der Waals surface area contributed by atoms with Crippen molar-refractivity contribution in [2.45, 2.75) is 48.1 Å². The van der Waals surface area contributed by atoms with Crippen LogP contribution >= 0.6 is 0 Å². The van der Waals surface area contributed by atoms with Gasteiger partial charge in [0.2, 0.25) is 0 Å². The number of allylic oxidation sites excluding steroid dienone is 8. The van der Waals surface area contributed by atoms with Crippen molar-refractivity contribution in [2.75, 3.05) is 28.4 Å². The van der Waals surface area contributed by atoms with Gasteiger partial charge in [-0.25, -0.2) is 0 Å². The molecule has 0 heterocycles. The molecule has 8 nitrogen and oxygen atoms in total. The summed E-state index contributed by atoms with van der Waals surface area (Å²) in [7, 11) is 6.05. The number of ether oxygens (including phenoxy) is 4. The molecule has 0 aromatic carbocycles. The lowest BCUT2D eigenvalue weighted by Crippen LogP contribution is -2.66. The monoisotopic (exact) mass is 526 g/mol. The van der Waals surface area contributed by atoms with E-state index in [-0.39, 0.29) is 25.7 Å². The van der Waals surface area contributed by atoms with Crippen LogP contribution in [0, 0.1) is 11.8 Å². The summed E-state index contributed by atoms with van der Waals surface area (Å²) < 4.78 is 22.0. The molecule has 206 valence electrons. The van der Waals surface area contributed by atoms with Crippen molar-refractivity contribution in [3.63, 3.8) is 0 Å². The lowest BCUT2D eigenvalue weighted by atomic mass is 9.53. The first-order valence-electron chi connectivity index (χ1n) is 12.6. The van der Waals surface area contributed by atoms with Crippen molar-refractivity contribution in [3.05, 3.63) is 95.9 Å². The molecule has 0 amide bonds. The highest BCUT2D eigenvalue weighted by atomic mass is 16.5. The highest BCUT2D eigenvalue weighted by Crippen LogP contribution is 2.55. The van der Waals surface area contributed by atoms with Gasteiger partial charge >= 0.3 is 0 Å². The zero-order chi connectivity index (χ0) is 27.6. The summed E-state index contributed by atoms with van der Waals surface area (Å²) in [5.41, 5.74) is -6.96. The van der Waals surface area contributed by atoms with Crippen molar-refractivity contribution >= 4 is 0 Å². The summed E-state index contributed by atoms with van der Waals surface area (Å²) in [6, 6.07) is 0. The summed E-state index contributed by atoms with van der Waals surface area (Å²) in [6.07, 6.45) is 20.1. The molecule has 4 rings (SSSR count). The first-order chi connectivity index (χ1) is 18.0. The van der Waals surface area contributed by atoms with Gasteiger partial charge in [-0.05, 0) is 24.3 Å². The van der Waals surface area contributed by atoms with Gasteiger partial charge in [-0.1, -0.05) is 48.6 Å². The van der Waals surface area contributed by atoms with E-state index in [2.05, 4.69) is 0 Å². The predicted molar refractivity (Wildman–Crippen MR) is 142 cm³/mol. The molecular weight excluding hydrogens is 488 g/mol. The Balaban J connectivity index is 1.95. The van der Waals surface area contributed by atoms with Crippen LogP contribution in [-0.4, -0.2) is 71.3 Å². The third-order valence-electron chi connectivity index (χ3n) is 8.03. The molecule has 4 atom stereocenters. The normalized spacial score (nSPS) is 35.9. The standard InChI is InChI=1S/C30H38O8/c1-35-21-9-5-13-27(31,17-21)25(28(32)14-6-10-22(18-28)36-2)26(29(33)15-7-11-23(19-29)37-3)30(34)16-8-12-24(20-30)38-4/h5-16,25-26,31-34H,17-20H2,1-4H3. The zero-order valence-corrected chi connectivity index (χ0v) is 22.3. The lowest BCUT2D eigenvalue weighted by molar-refractivity contribution is -0.195. The zero-order valence-electron chi connectivity index (χ0n) is 22.3. The molecule has 0 radical (unpaired) electrons. The molecule has 4 aliphatic rings. The molecule has 8 heteroatoms. The molecule has 0 bridgehead atoms. The van der Waals surface area contributed by atoms with E-state index in [1.165, 1.54) is 28.4 Å². The van der Waals surface area contributed by atoms with Crippen molar-refractivity contribution in [1.82, 2.24) is 0 Å². The second-order valence-electron chi connectivity index (χ2n) is 10.4. The molecule has 4 aliphatic carbocycles. The van der Waals surface area contributed by atoms with E-state index in [1.807, 2.05) is 0 Å². The van der Waals surface area contributed by atoms with Crippen LogP contribution in [0.15, 0.2) is 95.9 Å². The quantitative estimate of drug-likeness (QED) is 0.362. The summed E-state index contributed by atoms with van der Waals surface area (Å²) >= 11 is 0. The average molecular weight is 527 g/mol. The maximum Gasteiger partial charge on any atom is 0.0987 e. The number of rotatable bonds is 9. The minimum Gasteiger partial charge on any atom is -0.501 e. The fourth-order valence-electron chi connectivity index (χ4n) is 6.31. The lowest BCUT2D eigenvalue weighted by Gasteiger charge is -2.56. The van der Waals surface area contributed by atoms with Gasteiger partial charge in [0.05, 0.1) is 73.9 Å². The van der Waals surface area contributed by atoms with Crippen LogP contribution in [0.4, 0.5) is 0 Å². The fraction of sp³-hybridized carbons (Fsp3) is 0.467. The average Bonchev–Trinajstić information content (AvgIpc) is 2.91. The van der Waals surface area contributed by atoms with Crippen LogP contribution in [0.25, 0.3) is 0 Å². The molecule has 0 saturated carbocycles. The summed E-state index contributed by atoms with van der Waals surface area (Å²) in [5.74, 6) is -0.350. The Kier molecular flexibility index (Phi) is 7.81. The molecule has 38 heavy (non-hydrogen) atoms. The largest absolute Gasteiger partial charge is 0.501 e. The maximum atomic E-state index is 12.4. The topological polar surface area (TPSA) is 118 Å². The van der Waals surface area contributed by atoms with Crippen molar-refractivity contribution in [1.29, 1.82) is 0 Å². The van der Waals surface area contributed by atoms with E-state index in [9.17, 15) is 20.4 Å². The maximum absolute atomic E-state index is 12.4. The Morgan fingerprint density at radius 2 is 0.684 bits per heavy atom. The van der Waals surface area contributed by atoms with Gasteiger partial charge in [0.1, 0.15) is 0 Å². The first-order valence-corrected chi connectivity index (χ1v) is 12.6. The highest BCUT2D eigenvalue weighted by Gasteiger charge is 2.63. The van der Waals surface area contributed by atoms with Gasteiger partial charge in [-0.15, -0.1) is 0 Å². The molecule has 0 spiro atoms. The molecule has 0 aromatic heterocycles. The molecule has 0 aliphatic heterocycles. The molecule has 0 fully saturated rings. The Labute approximate surface area is 223 Å². The first kappa shape index (κ1) is 28.0. The molecule has 0 saturated heterocycles. The number of hydrogen-bond acceptors (Lipinski definition) is 8. The van der Waals surface area contributed by atoms with Gasteiger partial charge in [0.15, 0.2) is 0 Å². The second kappa shape index (κ2) is 10.6. The third kappa shape index (κ3) is 5.14. The van der Waals surface area contributed by atoms with Crippen LogP contribution < -0.4 is 0 Å². The van der Waals surface area contributed by atoms with Gasteiger partial charge in [-0.2, -0.15) is 0 Å². The van der Waals surface area contributed by atoms with Crippen molar-refractivity contribution < 1.29 is 39.4 Å². The fourth-order valence-corrected chi connectivity index (χ4v) is 6.31. The van der Waals surface area contributed by atoms with E-state index in [4.69, 9.17) is 18.9 Å². The molecule has 4 N–H and O–H groups in total. The van der Waals surface area contributed by atoms with Crippen LogP contribution in [0.1, 0.15) is 25.7 Å². The van der Waals surface area contributed by atoms with E-state index in [1.54, 1.807) is 72.9 Å². The Morgan fingerprint density at radius 3 is 0.868 bits per heavy atom. The smallest absolute Gasteiger partial charge is 0.0987 e. The van der Waals surface area contributed by atoms with Crippen LogP contribution in [0.5, 0.6) is 0 Å². The van der Waals surface area contributed by atoms with E-state index < -0.39 is 34.2 Å². The number of aliphatic hydroxyl groups is 4. The summed E-state index contributed by atoms with van der Waals surface area (Å²) in [5, 5.41) is 49.6. The Bertz CT molecular complexity index is 979. The van der Waals surface area contributed by atoms with Gasteiger partial charge in [0, 0.05) is 37.5 Å². The predicted octanol–water partition coefficient (Wildman–Crippen LogP) is 3.10. The number of methoxy groups -OCH3 is 4. The van der Waals surface area contributed by atoms with Gasteiger partial charge < -0.3 is 39.4 Å². The molecular formula is C30H38O8.